The van der Waals surface area contributed by atoms with Crippen molar-refractivity contribution in [2.45, 2.75) is 6.04 Å². The molecule has 5 nitrogen and oxygen atoms in total. The van der Waals surface area contributed by atoms with Gasteiger partial charge in [0.25, 0.3) is 0 Å². The minimum Gasteiger partial charge on any atom is -0.352 e. The van der Waals surface area contributed by atoms with Gasteiger partial charge in [-0.25, -0.2) is 9.97 Å². The summed E-state index contributed by atoms with van der Waals surface area (Å²) < 4.78 is 0. The van der Waals surface area contributed by atoms with Gasteiger partial charge in [0, 0.05) is 29.9 Å². The van der Waals surface area contributed by atoms with Gasteiger partial charge in [-0.05, 0) is 35.9 Å². The Morgan fingerprint density at radius 3 is 2.58 bits per heavy atom. The van der Waals surface area contributed by atoms with Gasteiger partial charge in [-0.2, -0.15) is 0 Å². The Kier molecular flexibility index (Phi) is 4.54. The fourth-order valence-corrected chi connectivity index (χ4v) is 3.25. The summed E-state index contributed by atoms with van der Waals surface area (Å²) in [5.74, 6) is 1.32. The number of rotatable bonds is 3. The van der Waals surface area contributed by atoms with Crippen LogP contribution >= 0.6 is 11.6 Å². The summed E-state index contributed by atoms with van der Waals surface area (Å²) in [6.07, 6.45) is 1.72. The maximum atomic E-state index is 12.6. The Bertz CT molecular complexity index is 915. The highest BCUT2D eigenvalue weighted by Gasteiger charge is 2.32. The molecule has 1 saturated heterocycles. The molecule has 26 heavy (non-hydrogen) atoms. The number of hydrogen-bond acceptors (Lipinski definition) is 4. The quantitative estimate of drug-likeness (QED) is 0.773. The predicted molar refractivity (Wildman–Crippen MR) is 102 cm³/mol. The van der Waals surface area contributed by atoms with E-state index in [-0.39, 0.29) is 5.91 Å². The lowest BCUT2D eigenvalue weighted by molar-refractivity contribution is -0.123. The smallest absolute Gasteiger partial charge is 0.247 e. The predicted octanol–water partition coefficient (Wildman–Crippen LogP) is 3.47. The van der Waals surface area contributed by atoms with Gasteiger partial charge >= 0.3 is 0 Å². The van der Waals surface area contributed by atoms with E-state index < -0.39 is 6.04 Å². The van der Waals surface area contributed by atoms with E-state index in [2.05, 4.69) is 10.3 Å². The molecule has 2 heterocycles. The second-order valence-electron chi connectivity index (χ2n) is 6.04. The number of carbonyl (C=O) groups excluding carboxylic acids is 1. The number of halogens is 1. The highest BCUT2D eigenvalue weighted by Crippen LogP contribution is 2.29. The first-order chi connectivity index (χ1) is 12.7. The molecule has 1 aliphatic rings. The molecule has 1 amide bonds. The van der Waals surface area contributed by atoms with Crippen LogP contribution in [0.15, 0.2) is 66.9 Å². The van der Waals surface area contributed by atoms with Gasteiger partial charge in [-0.15, -0.1) is 0 Å². The SMILES string of the molecule is O=C1NCCN(c2ccnc(-c3ccc(Cl)cc3)n2)C1c1ccccc1. The maximum Gasteiger partial charge on any atom is 0.247 e. The van der Waals surface area contributed by atoms with E-state index in [0.717, 1.165) is 16.9 Å². The Balaban J connectivity index is 1.72. The van der Waals surface area contributed by atoms with Crippen LogP contribution in [0, 0.1) is 0 Å². The zero-order chi connectivity index (χ0) is 17.9. The monoisotopic (exact) mass is 364 g/mol. The Morgan fingerprint density at radius 1 is 1.04 bits per heavy atom. The van der Waals surface area contributed by atoms with Crippen molar-refractivity contribution < 1.29 is 4.79 Å². The van der Waals surface area contributed by atoms with E-state index in [1.807, 2.05) is 65.6 Å². The molecule has 1 aliphatic heterocycles. The second-order valence-corrected chi connectivity index (χ2v) is 6.48. The molecule has 3 aromatic rings. The minimum atomic E-state index is -0.405. The van der Waals surface area contributed by atoms with E-state index in [0.29, 0.717) is 23.9 Å². The number of piperazine rings is 1. The summed E-state index contributed by atoms with van der Waals surface area (Å²) in [5, 5.41) is 3.61. The Labute approximate surface area is 156 Å². The average molecular weight is 365 g/mol. The van der Waals surface area contributed by atoms with Crippen LogP contribution < -0.4 is 10.2 Å². The van der Waals surface area contributed by atoms with Crippen LogP contribution in [0.4, 0.5) is 5.82 Å². The molecule has 0 radical (unpaired) electrons. The zero-order valence-corrected chi connectivity index (χ0v) is 14.7. The molecule has 1 unspecified atom stereocenters. The number of nitrogens with one attached hydrogen (secondary N) is 1. The van der Waals surface area contributed by atoms with Crippen molar-refractivity contribution in [2.75, 3.05) is 18.0 Å². The number of hydrogen-bond donors (Lipinski definition) is 1. The van der Waals surface area contributed by atoms with Gasteiger partial charge in [0.2, 0.25) is 5.91 Å². The molecule has 0 aliphatic carbocycles. The van der Waals surface area contributed by atoms with Crippen molar-refractivity contribution in [1.82, 2.24) is 15.3 Å². The topological polar surface area (TPSA) is 58.1 Å². The summed E-state index contributed by atoms with van der Waals surface area (Å²) >= 11 is 5.96. The standard InChI is InChI=1S/C20H17ClN4O/c21-16-8-6-15(7-9-16)19-22-11-10-17(24-19)25-13-12-23-20(26)18(25)14-4-2-1-3-5-14/h1-11,18H,12-13H2,(H,23,26). The third kappa shape index (κ3) is 3.26. The van der Waals surface area contributed by atoms with Crippen LogP contribution in [0.5, 0.6) is 0 Å². The molecule has 1 fully saturated rings. The maximum absolute atomic E-state index is 12.6. The first kappa shape index (κ1) is 16.5. The van der Waals surface area contributed by atoms with Crippen LogP contribution in [0.1, 0.15) is 11.6 Å². The van der Waals surface area contributed by atoms with Crippen molar-refractivity contribution in [3.63, 3.8) is 0 Å². The largest absolute Gasteiger partial charge is 0.352 e. The lowest BCUT2D eigenvalue weighted by atomic mass is 10.0. The van der Waals surface area contributed by atoms with Crippen molar-refractivity contribution in [1.29, 1.82) is 0 Å². The van der Waals surface area contributed by atoms with Crippen molar-refractivity contribution in [3.05, 3.63) is 77.4 Å². The van der Waals surface area contributed by atoms with Crippen molar-refractivity contribution in [3.8, 4) is 11.4 Å². The van der Waals surface area contributed by atoms with Crippen LogP contribution in [-0.2, 0) is 4.79 Å². The molecule has 2 aromatic carbocycles. The van der Waals surface area contributed by atoms with Crippen molar-refractivity contribution in [2.24, 2.45) is 0 Å². The first-order valence-electron chi connectivity index (χ1n) is 8.41. The molecule has 0 spiro atoms. The number of anilines is 1. The fraction of sp³-hybridized carbons (Fsp3) is 0.150. The molecule has 130 valence electrons. The number of amides is 1. The highest BCUT2D eigenvalue weighted by molar-refractivity contribution is 6.30. The fourth-order valence-electron chi connectivity index (χ4n) is 3.13. The number of carbonyl (C=O) groups is 1. The van der Waals surface area contributed by atoms with Gasteiger partial charge in [0.1, 0.15) is 11.9 Å². The van der Waals surface area contributed by atoms with Crippen LogP contribution in [-0.4, -0.2) is 29.0 Å². The lowest BCUT2D eigenvalue weighted by Crippen LogP contribution is -2.50. The van der Waals surface area contributed by atoms with Crippen LogP contribution in [0.25, 0.3) is 11.4 Å². The van der Waals surface area contributed by atoms with E-state index in [1.54, 1.807) is 6.20 Å². The Hall–Kier alpha value is -2.92. The van der Waals surface area contributed by atoms with Crippen LogP contribution in [0.3, 0.4) is 0 Å². The number of benzene rings is 2. The molecular formula is C20H17ClN4O. The number of aromatic nitrogens is 2. The molecule has 1 aromatic heterocycles. The molecule has 0 saturated carbocycles. The number of nitrogens with zero attached hydrogens (tertiary/aromatic N) is 3. The molecule has 0 bridgehead atoms. The van der Waals surface area contributed by atoms with Crippen LogP contribution in [0.2, 0.25) is 5.02 Å². The van der Waals surface area contributed by atoms with Gasteiger partial charge in [-0.3, -0.25) is 4.79 Å². The van der Waals surface area contributed by atoms with Gasteiger partial charge in [0.05, 0.1) is 0 Å². The first-order valence-corrected chi connectivity index (χ1v) is 8.78. The third-order valence-electron chi connectivity index (χ3n) is 4.36. The molecular weight excluding hydrogens is 348 g/mol. The molecule has 4 rings (SSSR count). The zero-order valence-electron chi connectivity index (χ0n) is 14.0. The molecule has 1 atom stereocenters. The summed E-state index contributed by atoms with van der Waals surface area (Å²) in [6.45, 7) is 1.27. The molecule has 1 N–H and O–H groups in total. The van der Waals surface area contributed by atoms with Gasteiger partial charge in [-0.1, -0.05) is 41.9 Å². The summed E-state index contributed by atoms with van der Waals surface area (Å²) in [7, 11) is 0. The third-order valence-corrected chi connectivity index (χ3v) is 4.62. The van der Waals surface area contributed by atoms with Gasteiger partial charge in [0.15, 0.2) is 5.82 Å². The second kappa shape index (κ2) is 7.14. The van der Waals surface area contributed by atoms with E-state index in [1.165, 1.54) is 0 Å². The minimum absolute atomic E-state index is 0.0193. The van der Waals surface area contributed by atoms with Crippen molar-refractivity contribution >= 4 is 23.3 Å². The van der Waals surface area contributed by atoms with E-state index in [9.17, 15) is 4.79 Å². The molecule has 6 heteroatoms. The summed E-state index contributed by atoms with van der Waals surface area (Å²) in [4.78, 5) is 23.7. The normalized spacial score (nSPS) is 17.0. The van der Waals surface area contributed by atoms with E-state index in [4.69, 9.17) is 16.6 Å². The van der Waals surface area contributed by atoms with Gasteiger partial charge < -0.3 is 10.2 Å². The Morgan fingerprint density at radius 2 is 1.81 bits per heavy atom. The average Bonchev–Trinajstić information content (AvgIpc) is 2.69. The highest BCUT2D eigenvalue weighted by atomic mass is 35.5. The van der Waals surface area contributed by atoms with E-state index >= 15 is 0 Å². The lowest BCUT2D eigenvalue weighted by Gasteiger charge is -2.36. The summed E-state index contributed by atoms with van der Waals surface area (Å²) in [5.41, 5.74) is 1.82. The summed E-state index contributed by atoms with van der Waals surface area (Å²) in [6, 6.07) is 18.6.